The summed E-state index contributed by atoms with van der Waals surface area (Å²) >= 11 is 1.96. The summed E-state index contributed by atoms with van der Waals surface area (Å²) in [4.78, 5) is 4.12. The minimum atomic E-state index is -0.448. The summed E-state index contributed by atoms with van der Waals surface area (Å²) in [5.74, 6) is 0. The summed E-state index contributed by atoms with van der Waals surface area (Å²) in [6.45, 7) is 4.80. The lowest BCUT2D eigenvalue weighted by molar-refractivity contribution is 0.659. The Morgan fingerprint density at radius 2 is 0.958 bits per heavy atom. The van der Waals surface area contributed by atoms with E-state index in [0.29, 0.717) is 0 Å². The van der Waals surface area contributed by atoms with E-state index in [1.807, 2.05) is 11.3 Å². The lowest BCUT2D eigenvalue weighted by atomic mass is 9.70. The second-order valence-corrected chi connectivity index (χ2v) is 21.8. The summed E-state index contributed by atoms with van der Waals surface area (Å²) in [6, 6.07) is 87.1. The lowest BCUT2D eigenvalue weighted by Gasteiger charge is -2.36. The van der Waals surface area contributed by atoms with Gasteiger partial charge in [-0.1, -0.05) is 226 Å². The maximum absolute atomic E-state index is 2.69. The molecule has 0 N–H and O–H groups in total. The Morgan fingerprint density at radius 1 is 0.417 bits per heavy atom. The highest BCUT2D eigenvalue weighted by Crippen LogP contribution is 2.64. The first-order chi connectivity index (χ1) is 35.5. The van der Waals surface area contributed by atoms with Crippen molar-refractivity contribution in [1.82, 2.24) is 0 Å². The van der Waals surface area contributed by atoms with Gasteiger partial charge in [0.1, 0.15) is 0 Å². The summed E-state index contributed by atoms with van der Waals surface area (Å²) in [6.07, 6.45) is 5.81. The van der Waals surface area contributed by atoms with Crippen molar-refractivity contribution in [2.75, 3.05) is 4.90 Å². The molecule has 0 amide bonds. The molecule has 0 saturated carbocycles. The smallest absolute Gasteiger partial charge is 0.0725 e. The highest BCUT2D eigenvalue weighted by molar-refractivity contribution is 7.19. The summed E-state index contributed by atoms with van der Waals surface area (Å²) in [7, 11) is 0. The zero-order valence-corrected chi connectivity index (χ0v) is 41.1. The molecule has 0 saturated heterocycles. The van der Waals surface area contributed by atoms with Crippen LogP contribution in [-0.4, -0.2) is 6.04 Å². The summed E-state index contributed by atoms with van der Waals surface area (Å²) in [5.41, 5.74) is 26.7. The van der Waals surface area contributed by atoms with Crippen molar-refractivity contribution in [3.8, 4) is 66.8 Å². The monoisotopic (exact) mass is 935 g/mol. The van der Waals surface area contributed by atoms with Gasteiger partial charge in [-0.3, -0.25) is 0 Å². The number of hydrogen-bond donors (Lipinski definition) is 0. The molecule has 1 aromatic heterocycles. The van der Waals surface area contributed by atoms with Crippen LogP contribution >= 0.6 is 11.3 Å². The van der Waals surface area contributed by atoms with E-state index in [9.17, 15) is 0 Å². The molecule has 2 heteroatoms. The first-order valence-corrected chi connectivity index (χ1v) is 26.2. The van der Waals surface area contributed by atoms with Crippen molar-refractivity contribution in [2.24, 2.45) is 0 Å². The predicted octanol–water partition coefficient (Wildman–Crippen LogP) is 18.3. The quantitative estimate of drug-likeness (QED) is 0.161. The number of hydrogen-bond acceptors (Lipinski definition) is 2. The van der Waals surface area contributed by atoms with E-state index in [2.05, 4.69) is 261 Å². The fraction of sp³-hybridized carbons (Fsp3) is 0.0857. The van der Waals surface area contributed by atoms with Crippen LogP contribution in [-0.2, 0) is 17.3 Å². The van der Waals surface area contributed by atoms with E-state index in [1.165, 1.54) is 132 Å². The van der Waals surface area contributed by atoms with E-state index in [0.717, 1.165) is 6.42 Å². The van der Waals surface area contributed by atoms with Gasteiger partial charge in [-0.2, -0.15) is 0 Å². The van der Waals surface area contributed by atoms with Gasteiger partial charge in [-0.15, -0.1) is 11.3 Å². The maximum Gasteiger partial charge on any atom is 0.0725 e. The number of nitrogens with zero attached hydrogens (tertiary/aromatic N) is 1. The number of fused-ring (bicyclic) bond motifs is 16. The third-order valence-electron chi connectivity index (χ3n) is 16.6. The average molecular weight is 936 g/mol. The van der Waals surface area contributed by atoms with Crippen LogP contribution in [0.4, 0.5) is 11.4 Å². The minimum absolute atomic E-state index is 0.0365. The minimum Gasteiger partial charge on any atom is -0.334 e. The van der Waals surface area contributed by atoms with Gasteiger partial charge < -0.3 is 4.90 Å². The fourth-order valence-electron chi connectivity index (χ4n) is 13.4. The molecule has 10 aromatic carbocycles. The van der Waals surface area contributed by atoms with Gasteiger partial charge in [-0.25, -0.2) is 0 Å². The van der Waals surface area contributed by atoms with Crippen LogP contribution in [0.2, 0.25) is 0 Å². The molecule has 0 aliphatic heterocycles. The molecule has 1 heterocycles. The van der Waals surface area contributed by atoms with Gasteiger partial charge >= 0.3 is 0 Å². The lowest BCUT2D eigenvalue weighted by Crippen LogP contribution is -2.33. The molecule has 0 fully saturated rings. The molecular weight excluding hydrogens is 887 g/mol. The first-order valence-electron chi connectivity index (χ1n) is 25.4. The molecule has 1 nitrogen and oxygen atoms in total. The van der Waals surface area contributed by atoms with Gasteiger partial charge in [0.15, 0.2) is 0 Å². The Labute approximate surface area is 425 Å². The largest absolute Gasteiger partial charge is 0.334 e. The van der Waals surface area contributed by atoms with Crippen molar-refractivity contribution in [2.45, 2.75) is 37.1 Å². The van der Waals surface area contributed by atoms with Crippen LogP contribution in [0.1, 0.15) is 57.7 Å². The molecule has 340 valence electrons. The second-order valence-electron chi connectivity index (χ2n) is 20.6. The van der Waals surface area contributed by atoms with E-state index < -0.39 is 5.41 Å². The SMILES string of the molecule is CC1(C)c2ccccc2-c2ccc(N(c3ccc(-c4ccccc4)cc3-c3cccc4c3-c3ccccc3C43c4ccccc4-c4ccccc43)C3C=Cc4c(sc5cc(-c6ccccc6)ccc45)C3)cc21. The van der Waals surface area contributed by atoms with Crippen molar-refractivity contribution in [3.05, 3.63) is 280 Å². The Hall–Kier alpha value is -8.30. The highest BCUT2D eigenvalue weighted by Gasteiger charge is 2.52. The van der Waals surface area contributed by atoms with E-state index >= 15 is 0 Å². The Kier molecular flexibility index (Phi) is 8.99. The van der Waals surface area contributed by atoms with Crippen molar-refractivity contribution in [3.63, 3.8) is 0 Å². The van der Waals surface area contributed by atoms with E-state index in [-0.39, 0.29) is 11.5 Å². The van der Waals surface area contributed by atoms with Crippen molar-refractivity contribution < 1.29 is 0 Å². The molecule has 0 bridgehead atoms. The average Bonchev–Trinajstić information content (AvgIpc) is 4.13. The molecule has 1 unspecified atom stereocenters. The third kappa shape index (κ3) is 5.82. The van der Waals surface area contributed by atoms with Crippen LogP contribution in [0.3, 0.4) is 0 Å². The van der Waals surface area contributed by atoms with Crippen molar-refractivity contribution in [1.29, 1.82) is 0 Å². The van der Waals surface area contributed by atoms with Crippen LogP contribution in [0.15, 0.2) is 237 Å². The molecule has 4 aliphatic carbocycles. The van der Waals surface area contributed by atoms with Crippen molar-refractivity contribution >= 4 is 38.9 Å². The molecule has 11 aromatic rings. The molecule has 4 aliphatic rings. The van der Waals surface area contributed by atoms with Gasteiger partial charge in [-0.05, 0) is 136 Å². The predicted molar refractivity (Wildman–Crippen MR) is 304 cm³/mol. The van der Waals surface area contributed by atoms with Crippen LogP contribution in [0.25, 0.3) is 82.9 Å². The summed E-state index contributed by atoms with van der Waals surface area (Å²) < 4.78 is 1.34. The molecule has 0 radical (unpaired) electrons. The zero-order chi connectivity index (χ0) is 47.7. The number of anilines is 2. The Bertz CT molecular complexity index is 4010. The Balaban J connectivity index is 0.973. The normalized spacial score (nSPS) is 15.6. The molecule has 1 atom stereocenters. The standard InChI is InChI=1S/C70H49NS/c1-69(2)59-27-13-9-22-50(59)53-37-34-48(42-64(53)69)71(49-35-38-55-54-36-32-47(45-20-7-4-8-21-45)41-66(54)72-67(55)43-49)65-39-33-46(44-18-5-3-6-19-44)40-58(65)56-26-17-31-63-68(56)57-25-12-16-30-62(57)70(63)60-28-14-10-23-51(60)52-24-11-15-29-61(52)70/h3-42,49H,43H2,1-2H3. The van der Waals surface area contributed by atoms with E-state index in [4.69, 9.17) is 0 Å². The Morgan fingerprint density at radius 3 is 1.65 bits per heavy atom. The number of thiophene rings is 1. The highest BCUT2D eigenvalue weighted by atomic mass is 32.1. The maximum atomic E-state index is 2.69. The van der Waals surface area contributed by atoms with Gasteiger partial charge in [0.05, 0.1) is 11.5 Å². The first kappa shape index (κ1) is 41.5. The molecule has 1 spiro atoms. The molecule has 72 heavy (non-hydrogen) atoms. The van der Waals surface area contributed by atoms with Gasteiger partial charge in [0, 0.05) is 38.4 Å². The number of rotatable bonds is 6. The number of benzene rings is 10. The van der Waals surface area contributed by atoms with Crippen LogP contribution in [0, 0.1) is 0 Å². The second kappa shape index (κ2) is 15.6. The molecule has 15 rings (SSSR count). The molecular formula is C70H49NS. The van der Waals surface area contributed by atoms with Gasteiger partial charge in [0.25, 0.3) is 0 Å². The zero-order valence-electron chi connectivity index (χ0n) is 40.2. The fourth-order valence-corrected chi connectivity index (χ4v) is 14.7. The van der Waals surface area contributed by atoms with Crippen LogP contribution < -0.4 is 4.90 Å². The van der Waals surface area contributed by atoms with E-state index in [1.54, 1.807) is 0 Å². The summed E-state index contributed by atoms with van der Waals surface area (Å²) in [5, 5.41) is 1.34. The van der Waals surface area contributed by atoms with Crippen LogP contribution in [0.5, 0.6) is 0 Å². The topological polar surface area (TPSA) is 3.24 Å². The third-order valence-corrected chi connectivity index (χ3v) is 17.8. The van der Waals surface area contributed by atoms with Gasteiger partial charge in [0.2, 0.25) is 0 Å².